The predicted octanol–water partition coefficient (Wildman–Crippen LogP) is 0.0701. The van der Waals surface area contributed by atoms with Crippen LogP contribution in [0.15, 0.2) is 0 Å². The molecular formula is C13H22N2O6S. The van der Waals surface area contributed by atoms with E-state index >= 15 is 0 Å². The average Bonchev–Trinajstić information content (AvgIpc) is 2.43. The number of carboxylic acids is 2. The van der Waals surface area contributed by atoms with Crippen molar-refractivity contribution in [2.75, 3.05) is 18.1 Å². The third-order valence-corrected chi connectivity index (χ3v) is 3.76. The van der Waals surface area contributed by atoms with E-state index < -0.39 is 36.3 Å². The van der Waals surface area contributed by atoms with Crippen LogP contribution in [0.2, 0.25) is 0 Å². The van der Waals surface area contributed by atoms with E-state index in [9.17, 15) is 19.2 Å². The summed E-state index contributed by atoms with van der Waals surface area (Å²) in [7, 11) is 0. The van der Waals surface area contributed by atoms with E-state index in [2.05, 4.69) is 10.6 Å². The van der Waals surface area contributed by atoms with Gasteiger partial charge in [0.25, 0.3) is 0 Å². The molecule has 1 atom stereocenters. The highest BCUT2D eigenvalue weighted by Gasteiger charge is 2.21. The molecule has 0 aliphatic rings. The Balaban J connectivity index is 4.37. The van der Waals surface area contributed by atoms with Gasteiger partial charge in [0.1, 0.15) is 12.6 Å². The molecule has 0 bridgehead atoms. The highest BCUT2D eigenvalue weighted by Crippen LogP contribution is 2.06. The van der Waals surface area contributed by atoms with E-state index in [1.165, 1.54) is 11.8 Å². The molecule has 0 aliphatic heterocycles. The number of amides is 2. The standard InChI is InChI=1S/C13H22N2O6S/c1-2-6-22-8-9(13(21)14-7-12(19)20)15-10(16)4-3-5-11(17)18/h9H,2-8H2,1H3,(H,14,21)(H,15,16)(H,17,18)(H,19,20). The van der Waals surface area contributed by atoms with Gasteiger partial charge in [0.05, 0.1) is 0 Å². The predicted molar refractivity (Wildman–Crippen MR) is 81.7 cm³/mol. The smallest absolute Gasteiger partial charge is 0.322 e. The molecule has 0 rings (SSSR count). The van der Waals surface area contributed by atoms with Crippen molar-refractivity contribution in [2.24, 2.45) is 0 Å². The molecule has 1 unspecified atom stereocenters. The second kappa shape index (κ2) is 11.8. The summed E-state index contributed by atoms with van der Waals surface area (Å²) in [5, 5.41) is 21.8. The van der Waals surface area contributed by atoms with Gasteiger partial charge >= 0.3 is 11.9 Å². The van der Waals surface area contributed by atoms with Gasteiger partial charge in [-0.25, -0.2) is 0 Å². The molecule has 22 heavy (non-hydrogen) atoms. The van der Waals surface area contributed by atoms with E-state index in [1.54, 1.807) is 0 Å². The molecule has 9 heteroatoms. The Kier molecular flexibility index (Phi) is 10.9. The van der Waals surface area contributed by atoms with Crippen molar-refractivity contribution in [3.05, 3.63) is 0 Å². The fraction of sp³-hybridized carbons (Fsp3) is 0.692. The van der Waals surface area contributed by atoms with Crippen molar-refractivity contribution < 1.29 is 29.4 Å². The lowest BCUT2D eigenvalue weighted by molar-refractivity contribution is -0.138. The van der Waals surface area contributed by atoms with E-state index in [1.807, 2.05) is 6.92 Å². The molecule has 4 N–H and O–H groups in total. The summed E-state index contributed by atoms with van der Waals surface area (Å²) >= 11 is 1.48. The van der Waals surface area contributed by atoms with Crippen molar-refractivity contribution in [3.63, 3.8) is 0 Å². The van der Waals surface area contributed by atoms with E-state index in [0.717, 1.165) is 12.2 Å². The quantitative estimate of drug-likeness (QED) is 0.371. The Morgan fingerprint density at radius 1 is 1.09 bits per heavy atom. The Hall–Kier alpha value is -1.77. The topological polar surface area (TPSA) is 133 Å². The number of aliphatic carboxylic acids is 2. The fourth-order valence-corrected chi connectivity index (χ4v) is 2.41. The van der Waals surface area contributed by atoms with Crippen LogP contribution in [0.4, 0.5) is 0 Å². The summed E-state index contributed by atoms with van der Waals surface area (Å²) in [6.07, 6.45) is 0.995. The largest absolute Gasteiger partial charge is 0.481 e. The normalized spacial score (nSPS) is 11.5. The molecule has 0 fully saturated rings. The first kappa shape index (κ1) is 20.2. The number of hydrogen-bond donors (Lipinski definition) is 4. The van der Waals surface area contributed by atoms with E-state index in [4.69, 9.17) is 10.2 Å². The first-order chi connectivity index (χ1) is 10.4. The molecule has 0 heterocycles. The molecule has 0 aromatic carbocycles. The number of nitrogens with one attached hydrogen (secondary N) is 2. The molecular weight excluding hydrogens is 312 g/mol. The Morgan fingerprint density at radius 3 is 2.32 bits per heavy atom. The number of carboxylic acid groups (broad SMARTS) is 2. The van der Waals surface area contributed by atoms with Gasteiger partial charge in [-0.1, -0.05) is 6.92 Å². The second-order valence-electron chi connectivity index (χ2n) is 4.55. The lowest BCUT2D eigenvalue weighted by Crippen LogP contribution is -2.49. The van der Waals surface area contributed by atoms with Crippen LogP contribution in [-0.4, -0.2) is 58.1 Å². The first-order valence-corrected chi connectivity index (χ1v) is 8.10. The van der Waals surface area contributed by atoms with Crippen LogP contribution in [0.1, 0.15) is 32.6 Å². The Bertz CT molecular complexity index is 402. The van der Waals surface area contributed by atoms with Gasteiger partial charge in [-0.3, -0.25) is 19.2 Å². The number of rotatable bonds is 12. The summed E-state index contributed by atoms with van der Waals surface area (Å²) in [5.41, 5.74) is 0. The molecule has 0 saturated heterocycles. The average molecular weight is 334 g/mol. The highest BCUT2D eigenvalue weighted by atomic mass is 32.2. The fourth-order valence-electron chi connectivity index (χ4n) is 1.48. The number of thioether (sulfide) groups is 1. The first-order valence-electron chi connectivity index (χ1n) is 6.95. The Labute approximate surface area is 133 Å². The minimum Gasteiger partial charge on any atom is -0.481 e. The van der Waals surface area contributed by atoms with Crippen LogP contribution in [0, 0.1) is 0 Å². The van der Waals surface area contributed by atoms with Gasteiger partial charge in [-0.15, -0.1) is 0 Å². The van der Waals surface area contributed by atoms with Crippen molar-refractivity contribution in [1.82, 2.24) is 10.6 Å². The van der Waals surface area contributed by atoms with Crippen molar-refractivity contribution in [3.8, 4) is 0 Å². The van der Waals surface area contributed by atoms with Crippen molar-refractivity contribution in [2.45, 2.75) is 38.6 Å². The molecule has 0 aromatic rings. The number of hydrogen-bond acceptors (Lipinski definition) is 5. The van der Waals surface area contributed by atoms with Gasteiger partial charge in [0.15, 0.2) is 0 Å². The van der Waals surface area contributed by atoms with Crippen LogP contribution >= 0.6 is 11.8 Å². The summed E-state index contributed by atoms with van der Waals surface area (Å²) in [6.45, 7) is 1.47. The maximum atomic E-state index is 11.9. The summed E-state index contributed by atoms with van der Waals surface area (Å²) in [4.78, 5) is 44.4. The maximum absolute atomic E-state index is 11.9. The van der Waals surface area contributed by atoms with Crippen molar-refractivity contribution in [1.29, 1.82) is 0 Å². The summed E-state index contributed by atoms with van der Waals surface area (Å²) < 4.78 is 0. The molecule has 8 nitrogen and oxygen atoms in total. The maximum Gasteiger partial charge on any atom is 0.322 e. The summed E-state index contributed by atoms with van der Waals surface area (Å²) in [6, 6.07) is -0.826. The van der Waals surface area contributed by atoms with Crippen LogP contribution < -0.4 is 10.6 Å². The van der Waals surface area contributed by atoms with Crippen LogP contribution in [0.3, 0.4) is 0 Å². The monoisotopic (exact) mass is 334 g/mol. The number of carbonyl (C=O) groups is 4. The minimum atomic E-state index is -1.17. The summed E-state index contributed by atoms with van der Waals surface area (Å²) in [5.74, 6) is -1.98. The Morgan fingerprint density at radius 2 is 1.77 bits per heavy atom. The van der Waals surface area contributed by atoms with E-state index in [0.29, 0.717) is 5.75 Å². The second-order valence-corrected chi connectivity index (χ2v) is 5.70. The van der Waals surface area contributed by atoms with Gasteiger partial charge in [-0.2, -0.15) is 11.8 Å². The van der Waals surface area contributed by atoms with Crippen LogP contribution in [0.25, 0.3) is 0 Å². The molecule has 0 saturated carbocycles. The molecule has 0 aliphatic carbocycles. The zero-order chi connectivity index (χ0) is 17.0. The third kappa shape index (κ3) is 11.0. The van der Waals surface area contributed by atoms with E-state index in [-0.39, 0.29) is 19.3 Å². The van der Waals surface area contributed by atoms with Gasteiger partial charge in [-0.05, 0) is 18.6 Å². The molecule has 0 aromatic heterocycles. The molecule has 0 radical (unpaired) electrons. The third-order valence-electron chi connectivity index (χ3n) is 2.49. The number of carbonyl (C=O) groups excluding carboxylic acids is 2. The SMILES string of the molecule is CCCSCC(NC(=O)CCCC(=O)O)C(=O)NCC(=O)O. The highest BCUT2D eigenvalue weighted by molar-refractivity contribution is 7.99. The molecule has 2 amide bonds. The van der Waals surface area contributed by atoms with Gasteiger partial charge < -0.3 is 20.8 Å². The molecule has 0 spiro atoms. The minimum absolute atomic E-state index is 0.00740. The van der Waals surface area contributed by atoms with Crippen molar-refractivity contribution >= 4 is 35.5 Å². The van der Waals surface area contributed by atoms with Crippen LogP contribution in [0.5, 0.6) is 0 Å². The van der Waals surface area contributed by atoms with Crippen LogP contribution in [-0.2, 0) is 19.2 Å². The zero-order valence-corrected chi connectivity index (χ0v) is 13.3. The van der Waals surface area contributed by atoms with Gasteiger partial charge in [0.2, 0.25) is 11.8 Å². The lowest BCUT2D eigenvalue weighted by atomic mass is 10.2. The molecule has 126 valence electrons. The van der Waals surface area contributed by atoms with Gasteiger partial charge in [0, 0.05) is 18.6 Å². The lowest BCUT2D eigenvalue weighted by Gasteiger charge is -2.17. The zero-order valence-electron chi connectivity index (χ0n) is 12.5.